The third kappa shape index (κ3) is 4.45. The maximum atomic E-state index is 6.14. The van der Waals surface area contributed by atoms with Crippen molar-refractivity contribution in [1.82, 2.24) is 14.9 Å². The molecule has 1 saturated heterocycles. The average molecular weight is 389 g/mol. The second-order valence-corrected chi connectivity index (χ2v) is 8.62. The number of unbranched alkanes of at least 4 members (excludes halogenated alkanes) is 1. The summed E-state index contributed by atoms with van der Waals surface area (Å²) in [7, 11) is 0. The molecule has 1 aromatic heterocycles. The van der Waals surface area contributed by atoms with Crippen LogP contribution in [0.1, 0.15) is 64.7 Å². The van der Waals surface area contributed by atoms with Crippen molar-refractivity contribution >= 4 is 17.3 Å². The third-order valence-corrected chi connectivity index (χ3v) is 6.57. The van der Waals surface area contributed by atoms with E-state index in [-0.39, 0.29) is 0 Å². The van der Waals surface area contributed by atoms with Crippen molar-refractivity contribution in [3.05, 3.63) is 0 Å². The van der Waals surface area contributed by atoms with Crippen molar-refractivity contribution in [2.45, 2.75) is 70.8 Å². The van der Waals surface area contributed by atoms with E-state index < -0.39 is 0 Å². The SMILES string of the molecule is CCCCOc1nc(N)c2c(n1)N(CCC1CCCN(C3CCCC3)C1)CN2. The predicted octanol–water partition coefficient (Wildman–Crippen LogP) is 3.47. The Morgan fingerprint density at radius 2 is 2.04 bits per heavy atom. The fourth-order valence-corrected chi connectivity index (χ4v) is 4.92. The quantitative estimate of drug-likeness (QED) is 0.660. The molecule has 3 aliphatic rings. The van der Waals surface area contributed by atoms with E-state index in [2.05, 4.69) is 32.0 Å². The Kier molecular flexibility index (Phi) is 6.40. The van der Waals surface area contributed by atoms with Gasteiger partial charge in [0, 0.05) is 19.1 Å². The lowest BCUT2D eigenvalue weighted by Crippen LogP contribution is -2.42. The number of fused-ring (bicyclic) bond motifs is 1. The van der Waals surface area contributed by atoms with Crippen molar-refractivity contribution in [1.29, 1.82) is 0 Å². The Bertz CT molecular complexity index is 648. The van der Waals surface area contributed by atoms with Crippen LogP contribution in [0.25, 0.3) is 0 Å². The molecule has 0 bridgehead atoms. The van der Waals surface area contributed by atoms with E-state index in [9.17, 15) is 0 Å². The van der Waals surface area contributed by atoms with Gasteiger partial charge < -0.3 is 25.6 Å². The van der Waals surface area contributed by atoms with Crippen LogP contribution >= 0.6 is 0 Å². The maximum absolute atomic E-state index is 6.14. The molecular formula is C21H36N6O. The monoisotopic (exact) mass is 388 g/mol. The summed E-state index contributed by atoms with van der Waals surface area (Å²) in [5.74, 6) is 2.18. The molecule has 4 rings (SSSR count). The number of nitrogens with two attached hydrogens (primary N) is 1. The summed E-state index contributed by atoms with van der Waals surface area (Å²) in [6, 6.07) is 1.26. The Balaban J connectivity index is 1.34. The highest BCUT2D eigenvalue weighted by Gasteiger charge is 2.29. The number of ether oxygens (including phenoxy) is 1. The minimum Gasteiger partial charge on any atom is -0.463 e. The topological polar surface area (TPSA) is 79.5 Å². The molecule has 7 nitrogen and oxygen atoms in total. The molecule has 1 saturated carbocycles. The lowest BCUT2D eigenvalue weighted by atomic mass is 9.93. The molecule has 1 aromatic rings. The standard InChI is InChI=1S/C21H36N6O/c1-2-3-13-28-21-24-19(22)18-20(25-21)27(15-23-18)12-10-16-7-6-11-26(14-16)17-8-4-5-9-17/h16-17,23H,2-15H2,1H3,(H2,22,24,25). The minimum absolute atomic E-state index is 0.406. The summed E-state index contributed by atoms with van der Waals surface area (Å²) < 4.78 is 5.70. The van der Waals surface area contributed by atoms with Crippen molar-refractivity contribution in [3.8, 4) is 6.01 Å². The maximum Gasteiger partial charge on any atom is 0.320 e. The summed E-state index contributed by atoms with van der Waals surface area (Å²) in [6.07, 6.45) is 11.7. The minimum atomic E-state index is 0.406. The molecule has 0 aromatic carbocycles. The first kappa shape index (κ1) is 19.6. The van der Waals surface area contributed by atoms with Crippen molar-refractivity contribution in [2.75, 3.05) is 48.9 Å². The summed E-state index contributed by atoms with van der Waals surface area (Å²) in [4.78, 5) is 14.0. The van der Waals surface area contributed by atoms with Gasteiger partial charge in [0.25, 0.3) is 0 Å². The highest BCUT2D eigenvalue weighted by Crippen LogP contribution is 2.36. The number of aromatic nitrogens is 2. The molecule has 28 heavy (non-hydrogen) atoms. The van der Waals surface area contributed by atoms with E-state index >= 15 is 0 Å². The van der Waals surface area contributed by atoms with Gasteiger partial charge in [-0.05, 0) is 51.0 Å². The Morgan fingerprint density at radius 3 is 2.86 bits per heavy atom. The number of nitrogens with zero attached hydrogens (tertiary/aromatic N) is 4. The molecule has 0 radical (unpaired) electrons. The van der Waals surface area contributed by atoms with Gasteiger partial charge in [0.2, 0.25) is 0 Å². The first-order chi connectivity index (χ1) is 13.7. The van der Waals surface area contributed by atoms with Crippen molar-refractivity contribution in [3.63, 3.8) is 0 Å². The number of anilines is 3. The molecule has 2 aliphatic heterocycles. The van der Waals surface area contributed by atoms with Crippen LogP contribution in [0.15, 0.2) is 0 Å². The zero-order chi connectivity index (χ0) is 19.3. The lowest BCUT2D eigenvalue weighted by molar-refractivity contribution is 0.122. The highest BCUT2D eigenvalue weighted by molar-refractivity contribution is 5.80. The molecule has 2 fully saturated rings. The van der Waals surface area contributed by atoms with Gasteiger partial charge in [-0.15, -0.1) is 0 Å². The number of nitrogens with one attached hydrogen (secondary N) is 1. The average Bonchev–Trinajstić information content (AvgIpc) is 3.37. The van der Waals surface area contributed by atoms with E-state index in [1.807, 2.05) is 0 Å². The van der Waals surface area contributed by atoms with Gasteiger partial charge in [-0.25, -0.2) is 0 Å². The van der Waals surface area contributed by atoms with E-state index in [0.717, 1.165) is 49.5 Å². The van der Waals surface area contributed by atoms with Crippen LogP contribution < -0.4 is 20.7 Å². The molecule has 1 atom stereocenters. The summed E-state index contributed by atoms with van der Waals surface area (Å²) >= 11 is 0. The van der Waals surface area contributed by atoms with Gasteiger partial charge in [-0.3, -0.25) is 0 Å². The highest BCUT2D eigenvalue weighted by atomic mass is 16.5. The van der Waals surface area contributed by atoms with Gasteiger partial charge in [0.1, 0.15) is 5.69 Å². The number of piperidine rings is 1. The van der Waals surface area contributed by atoms with E-state index in [1.54, 1.807) is 0 Å². The molecular weight excluding hydrogens is 352 g/mol. The number of hydrogen-bond acceptors (Lipinski definition) is 7. The van der Waals surface area contributed by atoms with Crippen LogP contribution in [0.3, 0.4) is 0 Å². The second-order valence-electron chi connectivity index (χ2n) is 8.62. The molecule has 3 heterocycles. The van der Waals surface area contributed by atoms with Gasteiger partial charge >= 0.3 is 6.01 Å². The largest absolute Gasteiger partial charge is 0.463 e. The Labute approximate surface area is 169 Å². The smallest absolute Gasteiger partial charge is 0.320 e. The normalized spacial score (nSPS) is 23.0. The predicted molar refractivity (Wildman–Crippen MR) is 114 cm³/mol. The molecule has 156 valence electrons. The van der Waals surface area contributed by atoms with E-state index in [1.165, 1.54) is 58.0 Å². The summed E-state index contributed by atoms with van der Waals surface area (Å²) in [6.45, 7) is 7.13. The fraction of sp³-hybridized carbons (Fsp3) is 0.810. The van der Waals surface area contributed by atoms with Gasteiger partial charge in [0.15, 0.2) is 11.6 Å². The van der Waals surface area contributed by atoms with E-state index in [4.69, 9.17) is 10.5 Å². The Morgan fingerprint density at radius 1 is 1.18 bits per heavy atom. The zero-order valence-electron chi connectivity index (χ0n) is 17.3. The number of nitrogen functional groups attached to an aromatic ring is 1. The third-order valence-electron chi connectivity index (χ3n) is 6.57. The first-order valence-electron chi connectivity index (χ1n) is 11.3. The van der Waals surface area contributed by atoms with Gasteiger partial charge in [0.05, 0.1) is 13.3 Å². The second kappa shape index (κ2) is 9.16. The van der Waals surface area contributed by atoms with Crippen molar-refractivity contribution in [2.24, 2.45) is 5.92 Å². The zero-order valence-corrected chi connectivity index (χ0v) is 17.3. The van der Waals surface area contributed by atoms with Crippen LogP contribution in [-0.2, 0) is 0 Å². The summed E-state index contributed by atoms with van der Waals surface area (Å²) in [5, 5.41) is 3.36. The van der Waals surface area contributed by atoms with Crippen LogP contribution in [-0.4, -0.2) is 53.8 Å². The fourth-order valence-electron chi connectivity index (χ4n) is 4.92. The molecule has 1 aliphatic carbocycles. The number of hydrogen-bond donors (Lipinski definition) is 2. The van der Waals surface area contributed by atoms with Crippen molar-refractivity contribution < 1.29 is 4.74 Å². The first-order valence-corrected chi connectivity index (χ1v) is 11.3. The molecule has 7 heteroatoms. The van der Waals surface area contributed by atoms with Crippen LogP contribution in [0.5, 0.6) is 6.01 Å². The Hall–Kier alpha value is -1.76. The van der Waals surface area contributed by atoms with E-state index in [0.29, 0.717) is 18.4 Å². The lowest BCUT2D eigenvalue weighted by Gasteiger charge is -2.37. The van der Waals surface area contributed by atoms with Gasteiger partial charge in [-0.2, -0.15) is 9.97 Å². The number of likely N-dealkylation sites (tertiary alicyclic amines) is 1. The summed E-state index contributed by atoms with van der Waals surface area (Å²) in [5.41, 5.74) is 7.00. The molecule has 0 amide bonds. The van der Waals surface area contributed by atoms with Gasteiger partial charge in [-0.1, -0.05) is 26.2 Å². The molecule has 1 unspecified atom stereocenters. The number of rotatable bonds is 8. The van der Waals surface area contributed by atoms with Crippen LogP contribution in [0.2, 0.25) is 0 Å². The molecule has 0 spiro atoms. The molecule has 3 N–H and O–H groups in total. The van der Waals surface area contributed by atoms with Crippen LogP contribution in [0.4, 0.5) is 17.3 Å². The van der Waals surface area contributed by atoms with Crippen LogP contribution in [0, 0.1) is 5.92 Å².